The molecule has 0 aliphatic heterocycles. The average molecular weight is 460 g/mol. The second-order valence-corrected chi connectivity index (χ2v) is 7.98. The maximum Gasteiger partial charge on any atom is 0.430 e. The van der Waals surface area contributed by atoms with Crippen molar-refractivity contribution in [3.05, 3.63) is 65.5 Å². The predicted octanol–water partition coefficient (Wildman–Crippen LogP) is 4.78. The van der Waals surface area contributed by atoms with Gasteiger partial charge in [0.15, 0.2) is 0 Å². The number of alkyl halides is 6. The van der Waals surface area contributed by atoms with Crippen molar-refractivity contribution in [1.29, 1.82) is 0 Å². The lowest BCUT2D eigenvalue weighted by atomic mass is 9.80. The van der Waals surface area contributed by atoms with E-state index in [0.717, 1.165) is 5.56 Å². The summed E-state index contributed by atoms with van der Waals surface area (Å²) in [6.45, 7) is 0. The van der Waals surface area contributed by atoms with Gasteiger partial charge in [0.1, 0.15) is 0 Å². The quantitative estimate of drug-likeness (QED) is 0.632. The van der Waals surface area contributed by atoms with Crippen LogP contribution in [-0.4, -0.2) is 34.4 Å². The number of aliphatic hydroxyl groups is 1. The molecule has 10 heteroatoms. The zero-order chi connectivity index (χ0) is 23.6. The predicted molar refractivity (Wildman–Crippen MR) is 104 cm³/mol. The lowest BCUT2D eigenvalue weighted by molar-refractivity contribution is -0.376. The van der Waals surface area contributed by atoms with Gasteiger partial charge in [0.25, 0.3) is 5.60 Å². The van der Waals surface area contributed by atoms with E-state index in [1.165, 1.54) is 12.1 Å². The molecule has 0 unspecified atom stereocenters. The smallest absolute Gasteiger partial charge is 0.369 e. The fourth-order valence-electron chi connectivity index (χ4n) is 4.02. The fourth-order valence-corrected chi connectivity index (χ4v) is 4.02. The van der Waals surface area contributed by atoms with E-state index in [1.54, 1.807) is 24.5 Å². The van der Waals surface area contributed by atoms with Crippen LogP contribution < -0.4 is 5.32 Å². The van der Waals surface area contributed by atoms with Crippen LogP contribution in [-0.2, 0) is 16.8 Å². The number of rotatable bonds is 5. The number of hydrogen-bond acceptors (Lipinski definition) is 3. The molecule has 32 heavy (non-hydrogen) atoms. The normalized spacial score (nSPS) is 20.1. The Balaban J connectivity index is 1.60. The number of aromatic nitrogens is 1. The maximum absolute atomic E-state index is 13.0. The van der Waals surface area contributed by atoms with Crippen LogP contribution in [0, 0.1) is 0 Å². The van der Waals surface area contributed by atoms with Crippen molar-refractivity contribution in [2.45, 2.75) is 62.0 Å². The third-order valence-corrected chi connectivity index (χ3v) is 5.83. The average Bonchev–Trinajstić information content (AvgIpc) is 2.73. The third kappa shape index (κ3) is 5.06. The molecule has 0 bridgehead atoms. The van der Waals surface area contributed by atoms with E-state index in [0.29, 0.717) is 43.4 Å². The van der Waals surface area contributed by atoms with Gasteiger partial charge in [-0.3, -0.25) is 9.78 Å². The highest BCUT2D eigenvalue weighted by molar-refractivity contribution is 5.78. The molecule has 1 saturated carbocycles. The van der Waals surface area contributed by atoms with Gasteiger partial charge < -0.3 is 10.4 Å². The lowest BCUT2D eigenvalue weighted by Gasteiger charge is -2.33. The Hall–Kier alpha value is -2.62. The van der Waals surface area contributed by atoms with E-state index in [4.69, 9.17) is 0 Å². The molecule has 1 amide bonds. The number of nitrogens with one attached hydrogen (secondary N) is 1. The minimum atomic E-state index is -5.90. The van der Waals surface area contributed by atoms with E-state index in [9.17, 15) is 36.2 Å². The zero-order valence-corrected chi connectivity index (χ0v) is 16.9. The molecule has 0 spiro atoms. The molecule has 1 fully saturated rings. The van der Waals surface area contributed by atoms with E-state index in [1.807, 2.05) is 0 Å². The van der Waals surface area contributed by atoms with Crippen LogP contribution in [0.3, 0.4) is 0 Å². The van der Waals surface area contributed by atoms with E-state index < -0.39 is 23.5 Å². The van der Waals surface area contributed by atoms with Gasteiger partial charge in [-0.2, -0.15) is 26.3 Å². The summed E-state index contributed by atoms with van der Waals surface area (Å²) in [5, 5.41) is 12.4. The topological polar surface area (TPSA) is 62.2 Å². The largest absolute Gasteiger partial charge is 0.430 e. The molecule has 1 aromatic heterocycles. The highest BCUT2D eigenvalue weighted by atomic mass is 19.4. The van der Waals surface area contributed by atoms with Gasteiger partial charge in [0.05, 0.1) is 6.42 Å². The summed E-state index contributed by atoms with van der Waals surface area (Å²) < 4.78 is 78.1. The molecule has 1 aromatic carbocycles. The summed E-state index contributed by atoms with van der Waals surface area (Å²) in [7, 11) is 0. The van der Waals surface area contributed by atoms with Crippen LogP contribution >= 0.6 is 0 Å². The van der Waals surface area contributed by atoms with Gasteiger partial charge in [0.2, 0.25) is 5.91 Å². The van der Waals surface area contributed by atoms with Crippen LogP contribution in [0.15, 0.2) is 48.8 Å². The third-order valence-electron chi connectivity index (χ3n) is 5.83. The summed E-state index contributed by atoms with van der Waals surface area (Å²) in [5.41, 5.74) is -4.75. The van der Waals surface area contributed by atoms with Gasteiger partial charge in [-0.25, -0.2) is 0 Å². The molecule has 1 aliphatic rings. The van der Waals surface area contributed by atoms with Crippen molar-refractivity contribution in [3.8, 4) is 0 Å². The second kappa shape index (κ2) is 9.09. The molecule has 2 N–H and O–H groups in total. The Bertz CT molecular complexity index is 891. The first-order chi connectivity index (χ1) is 14.9. The minimum absolute atomic E-state index is 0.0413. The molecule has 2 aromatic rings. The Morgan fingerprint density at radius 1 is 0.906 bits per heavy atom. The first-order valence-corrected chi connectivity index (χ1v) is 10.1. The van der Waals surface area contributed by atoms with Crippen molar-refractivity contribution in [1.82, 2.24) is 10.3 Å². The van der Waals surface area contributed by atoms with Gasteiger partial charge in [-0.1, -0.05) is 24.3 Å². The molecular formula is C22H22F6N2O2. The molecule has 174 valence electrons. The molecule has 1 aliphatic carbocycles. The molecule has 3 rings (SSSR count). The summed E-state index contributed by atoms with van der Waals surface area (Å²) in [6, 6.07) is 7.21. The Morgan fingerprint density at radius 3 is 1.94 bits per heavy atom. The number of nitrogens with zero attached hydrogens (tertiary/aromatic N) is 1. The molecule has 0 saturated heterocycles. The van der Waals surface area contributed by atoms with Crippen LogP contribution in [0.25, 0.3) is 0 Å². The number of amides is 1. The van der Waals surface area contributed by atoms with Gasteiger partial charge in [-0.15, -0.1) is 0 Å². The minimum Gasteiger partial charge on any atom is -0.369 e. The molecular weight excluding hydrogens is 438 g/mol. The van der Waals surface area contributed by atoms with E-state index in [-0.39, 0.29) is 24.3 Å². The standard InChI is InChI=1S/C22H22F6N2O2/c23-21(24,25)20(32,22(26,27)28)17-5-1-15(2-6-17)16-3-7-18(8-4-16)30-19(31)13-14-9-11-29-12-10-14/h1-2,5-6,9-12,16,18,32H,3-4,7-8,13H2,(H,30,31). The van der Waals surface area contributed by atoms with Crippen molar-refractivity contribution in [3.63, 3.8) is 0 Å². The first kappa shape index (κ1) is 24.0. The highest BCUT2D eigenvalue weighted by Gasteiger charge is 2.71. The number of carbonyl (C=O) groups excluding carboxylic acids is 1. The van der Waals surface area contributed by atoms with Crippen LogP contribution in [0.4, 0.5) is 26.3 Å². The summed E-state index contributed by atoms with van der Waals surface area (Å²) in [5.74, 6) is -0.176. The number of carbonyl (C=O) groups is 1. The highest BCUT2D eigenvalue weighted by Crippen LogP contribution is 2.50. The molecule has 0 radical (unpaired) electrons. The van der Waals surface area contributed by atoms with Gasteiger partial charge in [-0.05, 0) is 54.9 Å². The van der Waals surface area contributed by atoms with Crippen molar-refractivity contribution >= 4 is 5.91 Å². The second-order valence-electron chi connectivity index (χ2n) is 7.98. The number of benzene rings is 1. The summed E-state index contributed by atoms with van der Waals surface area (Å²) in [6.07, 6.45) is -5.84. The van der Waals surface area contributed by atoms with Crippen molar-refractivity contribution < 1.29 is 36.2 Å². The summed E-state index contributed by atoms with van der Waals surface area (Å²) >= 11 is 0. The maximum atomic E-state index is 13.0. The SMILES string of the molecule is O=C(Cc1ccncc1)NC1CCC(c2ccc(C(O)(C(F)(F)F)C(F)(F)F)cc2)CC1. The van der Waals surface area contributed by atoms with E-state index in [2.05, 4.69) is 10.3 Å². The number of pyridine rings is 1. The van der Waals surface area contributed by atoms with Crippen molar-refractivity contribution in [2.24, 2.45) is 0 Å². The lowest BCUT2D eigenvalue weighted by Crippen LogP contribution is -2.53. The van der Waals surface area contributed by atoms with Crippen LogP contribution in [0.1, 0.15) is 48.3 Å². The fraction of sp³-hybridized carbons (Fsp3) is 0.455. The summed E-state index contributed by atoms with van der Waals surface area (Å²) in [4.78, 5) is 16.1. The van der Waals surface area contributed by atoms with Crippen LogP contribution in [0.2, 0.25) is 0 Å². The van der Waals surface area contributed by atoms with Gasteiger partial charge >= 0.3 is 12.4 Å². The monoisotopic (exact) mass is 460 g/mol. The van der Waals surface area contributed by atoms with Crippen molar-refractivity contribution in [2.75, 3.05) is 0 Å². The Labute approximate surface area is 180 Å². The van der Waals surface area contributed by atoms with E-state index >= 15 is 0 Å². The molecule has 4 nitrogen and oxygen atoms in total. The zero-order valence-electron chi connectivity index (χ0n) is 16.9. The number of hydrogen-bond donors (Lipinski definition) is 2. The molecule has 0 atom stereocenters. The Morgan fingerprint density at radius 2 is 1.44 bits per heavy atom. The first-order valence-electron chi connectivity index (χ1n) is 10.1. The molecule has 1 heterocycles. The Kier molecular flexibility index (Phi) is 6.83. The van der Waals surface area contributed by atoms with Gasteiger partial charge in [0, 0.05) is 24.0 Å². The number of halogens is 6. The van der Waals surface area contributed by atoms with Crippen LogP contribution in [0.5, 0.6) is 0 Å².